The van der Waals surface area contributed by atoms with Crippen LogP contribution < -0.4 is 11.3 Å². The Hall–Kier alpha value is -3.24. The zero-order chi connectivity index (χ0) is 31.0. The fraction of sp³-hybridized carbons (Fsp3) is 0.500. The summed E-state index contributed by atoms with van der Waals surface area (Å²) in [5.41, 5.74) is 5.50. The number of hydrogen-bond donors (Lipinski definition) is 6. The Morgan fingerprint density at radius 2 is 1.34 bits per heavy atom. The van der Waals surface area contributed by atoms with Crippen LogP contribution in [0.15, 0.2) is 30.1 Å². The molecule has 4 aromatic rings. The molecule has 0 aromatic carbocycles. The molecule has 3 aliphatic rings. The SMILES string of the molecule is Nc1ncnc2c1ncn2C1OC2COP(=O)(O)OC3C(COP(=O)(O)OC2C1O)OC(n1cnc2c(=O)[nH]cnc21)C3O. The van der Waals surface area contributed by atoms with E-state index in [0.29, 0.717) is 0 Å². The third-order valence-electron chi connectivity index (χ3n) is 7.23. The van der Waals surface area contributed by atoms with Crippen molar-refractivity contribution in [2.75, 3.05) is 18.9 Å². The average molecular weight is 659 g/mol. The van der Waals surface area contributed by atoms with Gasteiger partial charge in [0.1, 0.15) is 48.5 Å². The van der Waals surface area contributed by atoms with Crippen LogP contribution in [0, 0.1) is 0 Å². The molecule has 0 amide bonds. The van der Waals surface area contributed by atoms with Crippen LogP contribution in [0.2, 0.25) is 0 Å². The van der Waals surface area contributed by atoms with Gasteiger partial charge in [0.25, 0.3) is 5.56 Å². The number of ether oxygens (including phenoxy) is 2. The molecule has 3 saturated heterocycles. The summed E-state index contributed by atoms with van der Waals surface area (Å²) >= 11 is 0. The van der Waals surface area contributed by atoms with Crippen LogP contribution in [0.1, 0.15) is 12.5 Å². The summed E-state index contributed by atoms with van der Waals surface area (Å²) in [5.74, 6) is 0.0438. The summed E-state index contributed by atoms with van der Waals surface area (Å²) in [6, 6.07) is 0. The predicted octanol–water partition coefficient (Wildman–Crippen LogP) is -1.92. The Morgan fingerprint density at radius 3 is 1.91 bits per heavy atom. The Bertz CT molecular complexity index is 1880. The number of aliphatic hydroxyl groups is 2. The quantitative estimate of drug-likeness (QED) is 0.128. The average Bonchev–Trinajstić information content (AvgIpc) is 3.73. The maximum atomic E-state index is 13.0. The lowest BCUT2D eigenvalue weighted by molar-refractivity contribution is -0.0664. The Kier molecular flexibility index (Phi) is 7.16. The van der Waals surface area contributed by atoms with E-state index in [-0.39, 0.29) is 28.1 Å². The zero-order valence-corrected chi connectivity index (χ0v) is 23.7. The molecule has 7 heterocycles. The molecular weight excluding hydrogens is 636 g/mol. The number of nitrogens with zero attached hydrogens (tertiary/aromatic N) is 7. The van der Waals surface area contributed by atoms with Crippen LogP contribution in [-0.4, -0.2) is 109 Å². The molecule has 0 spiro atoms. The number of rotatable bonds is 2. The largest absolute Gasteiger partial charge is 0.472 e. The lowest BCUT2D eigenvalue weighted by atomic mass is 10.1. The van der Waals surface area contributed by atoms with E-state index in [1.807, 2.05) is 0 Å². The summed E-state index contributed by atoms with van der Waals surface area (Å²) in [5, 5.41) is 22.2. The minimum absolute atomic E-state index is 0.00367. The second kappa shape index (κ2) is 10.7. The van der Waals surface area contributed by atoms with Gasteiger partial charge in [0.2, 0.25) is 0 Å². The molecule has 0 aliphatic carbocycles. The van der Waals surface area contributed by atoms with E-state index in [0.717, 1.165) is 19.0 Å². The van der Waals surface area contributed by atoms with E-state index in [2.05, 4.69) is 29.9 Å². The Balaban J connectivity index is 1.17. The number of nitrogens with two attached hydrogens (primary N) is 1. The monoisotopic (exact) mass is 659 g/mol. The number of anilines is 1. The van der Waals surface area contributed by atoms with Crippen molar-refractivity contribution in [1.82, 2.24) is 39.0 Å². The minimum Gasteiger partial charge on any atom is -0.386 e. The van der Waals surface area contributed by atoms with Crippen LogP contribution in [0.3, 0.4) is 0 Å². The van der Waals surface area contributed by atoms with E-state index >= 15 is 0 Å². The number of fused-ring (bicyclic) bond motifs is 4. The summed E-state index contributed by atoms with van der Waals surface area (Å²) in [4.78, 5) is 55.5. The molecule has 4 aromatic heterocycles. The zero-order valence-electron chi connectivity index (χ0n) is 21.9. The van der Waals surface area contributed by atoms with Crippen molar-refractivity contribution < 1.29 is 56.7 Å². The van der Waals surface area contributed by atoms with Gasteiger partial charge in [-0.2, -0.15) is 0 Å². The molecule has 3 aliphatic heterocycles. The fourth-order valence-corrected chi connectivity index (χ4v) is 7.17. The molecule has 3 fully saturated rings. The first-order chi connectivity index (χ1) is 20.9. The van der Waals surface area contributed by atoms with Gasteiger partial charge in [0.15, 0.2) is 35.1 Å². The van der Waals surface area contributed by atoms with E-state index in [4.69, 9.17) is 33.3 Å². The van der Waals surface area contributed by atoms with Crippen molar-refractivity contribution in [2.24, 2.45) is 0 Å². The second-order valence-electron chi connectivity index (χ2n) is 9.92. The predicted molar refractivity (Wildman–Crippen MR) is 139 cm³/mol. The highest BCUT2D eigenvalue weighted by molar-refractivity contribution is 7.47. The number of imidazole rings is 2. The number of nitrogens with one attached hydrogen (secondary N) is 1. The van der Waals surface area contributed by atoms with Gasteiger partial charge in [-0.15, -0.1) is 0 Å². The highest BCUT2D eigenvalue weighted by atomic mass is 31.2. The van der Waals surface area contributed by atoms with Gasteiger partial charge in [0.05, 0.1) is 32.2 Å². The molecule has 7 N–H and O–H groups in total. The van der Waals surface area contributed by atoms with Crippen molar-refractivity contribution in [1.29, 1.82) is 0 Å². The molecule has 0 saturated carbocycles. The highest BCUT2D eigenvalue weighted by Crippen LogP contribution is 2.53. The van der Waals surface area contributed by atoms with Crippen molar-refractivity contribution in [3.63, 3.8) is 0 Å². The summed E-state index contributed by atoms with van der Waals surface area (Å²) in [6.07, 6.45) is -7.73. The highest BCUT2D eigenvalue weighted by Gasteiger charge is 2.54. The van der Waals surface area contributed by atoms with Gasteiger partial charge in [-0.3, -0.25) is 32.0 Å². The number of aromatic amines is 1. The standard InChI is InChI=1S/C20H23N9O13P2/c21-15-9-16(23-3-22-15)28(5-26-9)19-11(30)13-7(39-19)1-37-44(35,36)42-14-8(2-38-43(33,34)41-13)40-20(12(14)31)29-6-27-10-17(29)24-4-25-18(10)32/h3-8,11-14,19-20,30-31H,1-2H2,(H,33,34)(H,35,36)(H2,21,22,23)(H,24,25,32). The number of hydrogen-bond acceptors (Lipinski definition) is 17. The van der Waals surface area contributed by atoms with Crippen LogP contribution in [0.25, 0.3) is 22.3 Å². The van der Waals surface area contributed by atoms with Gasteiger partial charge in [-0.05, 0) is 0 Å². The maximum Gasteiger partial charge on any atom is 0.472 e. The maximum absolute atomic E-state index is 13.0. The number of aliphatic hydroxyl groups excluding tert-OH is 2. The number of phosphoric ester groups is 2. The van der Waals surface area contributed by atoms with Crippen LogP contribution >= 0.6 is 15.6 Å². The molecule has 0 bridgehead atoms. The third-order valence-corrected chi connectivity index (χ3v) is 9.20. The number of aromatic nitrogens is 8. The van der Waals surface area contributed by atoms with Crippen LogP contribution in [-0.2, 0) is 36.7 Å². The lowest BCUT2D eigenvalue weighted by Crippen LogP contribution is -2.39. The Labute approximate surface area is 243 Å². The fourth-order valence-electron chi connectivity index (χ4n) is 5.24. The lowest BCUT2D eigenvalue weighted by Gasteiger charge is -2.27. The summed E-state index contributed by atoms with van der Waals surface area (Å²) in [6.45, 7) is -1.61. The first-order valence-electron chi connectivity index (χ1n) is 12.7. The van der Waals surface area contributed by atoms with Gasteiger partial charge in [-0.1, -0.05) is 0 Å². The number of nitrogen functional groups attached to an aromatic ring is 1. The molecular formula is C20H23N9O13P2. The van der Waals surface area contributed by atoms with Crippen molar-refractivity contribution in [2.45, 2.75) is 49.1 Å². The molecule has 236 valence electrons. The molecule has 24 heteroatoms. The topological polar surface area (TPSA) is 304 Å². The van der Waals surface area contributed by atoms with Crippen molar-refractivity contribution in [3.8, 4) is 0 Å². The summed E-state index contributed by atoms with van der Waals surface area (Å²) < 4.78 is 60.9. The molecule has 44 heavy (non-hydrogen) atoms. The van der Waals surface area contributed by atoms with E-state index in [1.165, 1.54) is 15.5 Å². The first-order valence-corrected chi connectivity index (χ1v) is 15.7. The van der Waals surface area contributed by atoms with Crippen molar-refractivity contribution in [3.05, 3.63) is 35.7 Å². The minimum atomic E-state index is -5.03. The summed E-state index contributed by atoms with van der Waals surface area (Å²) in [7, 11) is -10.1. The van der Waals surface area contributed by atoms with Gasteiger partial charge >= 0.3 is 15.6 Å². The van der Waals surface area contributed by atoms with Crippen molar-refractivity contribution >= 4 is 43.8 Å². The molecule has 10 unspecified atom stereocenters. The van der Waals surface area contributed by atoms with Gasteiger partial charge < -0.3 is 40.2 Å². The smallest absolute Gasteiger partial charge is 0.386 e. The molecule has 7 rings (SSSR count). The third kappa shape index (κ3) is 5.04. The normalized spacial score (nSPS) is 38.3. The van der Waals surface area contributed by atoms with Crippen LogP contribution in [0.4, 0.5) is 5.82 Å². The van der Waals surface area contributed by atoms with Crippen LogP contribution in [0.5, 0.6) is 0 Å². The second-order valence-corrected chi connectivity index (χ2v) is 12.7. The number of phosphoric acid groups is 2. The molecule has 10 atom stereocenters. The molecule has 0 radical (unpaired) electrons. The Morgan fingerprint density at radius 1 is 0.818 bits per heavy atom. The van der Waals surface area contributed by atoms with Gasteiger partial charge in [-0.25, -0.2) is 34.0 Å². The number of H-pyrrole nitrogens is 1. The van der Waals surface area contributed by atoms with E-state index < -0.39 is 83.5 Å². The van der Waals surface area contributed by atoms with E-state index in [9.17, 15) is 33.9 Å². The van der Waals surface area contributed by atoms with E-state index in [1.54, 1.807) is 0 Å². The molecule has 22 nitrogen and oxygen atoms in total. The first kappa shape index (κ1) is 29.5. The van der Waals surface area contributed by atoms with Gasteiger partial charge in [0, 0.05) is 0 Å².